The van der Waals surface area contributed by atoms with Crippen molar-refractivity contribution in [1.82, 2.24) is 10.2 Å². The molecule has 3 atom stereocenters. The lowest BCUT2D eigenvalue weighted by molar-refractivity contribution is -0.161. The van der Waals surface area contributed by atoms with Crippen LogP contribution in [0.3, 0.4) is 0 Å². The zero-order valence-corrected chi connectivity index (χ0v) is 15.5. The van der Waals surface area contributed by atoms with E-state index in [0.29, 0.717) is 17.9 Å². The second-order valence-electron chi connectivity index (χ2n) is 6.45. The van der Waals surface area contributed by atoms with E-state index in [2.05, 4.69) is 5.32 Å². The molecule has 27 heavy (non-hydrogen) atoms. The van der Waals surface area contributed by atoms with Gasteiger partial charge < -0.3 is 20.4 Å². The van der Waals surface area contributed by atoms with E-state index in [1.54, 1.807) is 0 Å². The zero-order chi connectivity index (χ0) is 19.6. The monoisotopic (exact) mass is 388 g/mol. The average molecular weight is 388 g/mol. The number of carbonyl (C=O) groups excluding carboxylic acids is 2. The number of amides is 2. The van der Waals surface area contributed by atoms with Gasteiger partial charge in [0.1, 0.15) is 5.70 Å². The first-order valence-electron chi connectivity index (χ1n) is 8.52. The summed E-state index contributed by atoms with van der Waals surface area (Å²) in [5, 5.41) is 23.4. The topological polar surface area (TPSA) is 107 Å². The third-order valence-electron chi connectivity index (χ3n) is 4.63. The molecule has 0 aromatic heterocycles. The lowest BCUT2D eigenvalue weighted by atomic mass is 9.83. The molecule has 2 aliphatic heterocycles. The quantitative estimate of drug-likeness (QED) is 0.482. The van der Waals surface area contributed by atoms with Crippen LogP contribution in [0.2, 0.25) is 0 Å². The van der Waals surface area contributed by atoms with E-state index < -0.39 is 18.0 Å². The first kappa shape index (κ1) is 19.2. The van der Waals surface area contributed by atoms with Gasteiger partial charge in [0.15, 0.2) is 0 Å². The Kier molecular flexibility index (Phi) is 5.67. The molecular formula is C19H20N2O5S. The molecule has 0 radical (unpaired) electrons. The van der Waals surface area contributed by atoms with Crippen LogP contribution in [0.4, 0.5) is 0 Å². The molecule has 1 fully saturated rings. The Morgan fingerprint density at radius 1 is 1.37 bits per heavy atom. The number of nitrogens with zero attached hydrogens (tertiary/aromatic N) is 1. The third-order valence-corrected chi connectivity index (χ3v) is 5.55. The molecule has 2 aliphatic rings. The van der Waals surface area contributed by atoms with E-state index in [1.165, 1.54) is 23.3 Å². The number of benzene rings is 1. The highest BCUT2D eigenvalue weighted by Gasteiger charge is 2.56. The number of aliphatic hydroxyl groups excluding tert-OH is 1. The highest BCUT2D eigenvalue weighted by Crippen LogP contribution is 2.47. The molecule has 1 saturated heterocycles. The fourth-order valence-electron chi connectivity index (χ4n) is 3.36. The van der Waals surface area contributed by atoms with Crippen LogP contribution in [0.5, 0.6) is 0 Å². The molecule has 0 bridgehead atoms. The van der Waals surface area contributed by atoms with Crippen molar-refractivity contribution in [3.8, 4) is 0 Å². The van der Waals surface area contributed by atoms with Crippen LogP contribution in [0.1, 0.15) is 18.9 Å². The van der Waals surface area contributed by atoms with E-state index in [0.717, 1.165) is 17.3 Å². The summed E-state index contributed by atoms with van der Waals surface area (Å²) in [6.07, 6.45) is 0.880. The maximum absolute atomic E-state index is 12.1. The van der Waals surface area contributed by atoms with Gasteiger partial charge in [-0.1, -0.05) is 42.1 Å². The number of thioether (sulfide) groups is 1. The Morgan fingerprint density at radius 2 is 2.07 bits per heavy atom. The summed E-state index contributed by atoms with van der Waals surface area (Å²) in [7, 11) is 0. The van der Waals surface area contributed by atoms with Crippen LogP contribution in [0, 0.1) is 5.92 Å². The second kappa shape index (κ2) is 7.98. The van der Waals surface area contributed by atoms with Crippen LogP contribution in [-0.2, 0) is 20.9 Å². The maximum atomic E-state index is 12.1. The number of hydrogen-bond acceptors (Lipinski definition) is 5. The molecule has 7 nitrogen and oxygen atoms in total. The number of fused-ring (bicyclic) bond motifs is 1. The fraction of sp³-hybridized carbons (Fsp3) is 0.316. The summed E-state index contributed by atoms with van der Waals surface area (Å²) in [4.78, 5) is 37.3. The van der Waals surface area contributed by atoms with Crippen molar-refractivity contribution in [2.24, 2.45) is 5.92 Å². The third kappa shape index (κ3) is 3.91. The van der Waals surface area contributed by atoms with Crippen LogP contribution in [0.15, 0.2) is 52.4 Å². The summed E-state index contributed by atoms with van der Waals surface area (Å²) in [5.41, 5.74) is 0.923. The number of β-lactam (4-membered cyclic amide) rings is 1. The van der Waals surface area contributed by atoms with Crippen molar-refractivity contribution in [1.29, 1.82) is 0 Å². The van der Waals surface area contributed by atoms with Gasteiger partial charge in [0.25, 0.3) is 0 Å². The van der Waals surface area contributed by atoms with Gasteiger partial charge in [-0.2, -0.15) is 0 Å². The molecule has 1 aromatic carbocycles. The van der Waals surface area contributed by atoms with Gasteiger partial charge in [-0.15, -0.1) is 0 Å². The van der Waals surface area contributed by atoms with Crippen molar-refractivity contribution < 1.29 is 24.6 Å². The highest BCUT2D eigenvalue weighted by atomic mass is 32.2. The first-order valence-corrected chi connectivity index (χ1v) is 9.40. The van der Waals surface area contributed by atoms with Gasteiger partial charge in [-0.3, -0.25) is 9.59 Å². The largest absolute Gasteiger partial charge is 0.477 e. The molecule has 8 heteroatoms. The number of carboxylic acid groups (broad SMARTS) is 1. The summed E-state index contributed by atoms with van der Waals surface area (Å²) >= 11 is 1.12. The molecular weight excluding hydrogens is 368 g/mol. The van der Waals surface area contributed by atoms with E-state index in [-0.39, 0.29) is 23.6 Å². The van der Waals surface area contributed by atoms with E-state index in [9.17, 15) is 24.6 Å². The van der Waals surface area contributed by atoms with Gasteiger partial charge in [-0.25, -0.2) is 4.79 Å². The SMILES string of the molecule is C[C@H](O)[C@@H]1C(=O)N2C(C(=O)O)=C(S/C=C\C(=O)NCc3ccccc3)C[C@H]12. The Hall–Kier alpha value is -2.58. The van der Waals surface area contributed by atoms with Crippen molar-refractivity contribution in [2.45, 2.75) is 32.0 Å². The molecule has 0 saturated carbocycles. The minimum atomic E-state index is -1.18. The van der Waals surface area contributed by atoms with Crippen LogP contribution in [0.25, 0.3) is 0 Å². The molecule has 0 spiro atoms. The predicted octanol–water partition coefficient (Wildman–Crippen LogP) is 1.46. The normalized spacial score (nSPS) is 22.6. The Balaban J connectivity index is 1.60. The van der Waals surface area contributed by atoms with Gasteiger partial charge in [-0.05, 0) is 17.9 Å². The number of carbonyl (C=O) groups is 3. The predicted molar refractivity (Wildman–Crippen MR) is 100 cm³/mol. The number of carboxylic acids is 1. The minimum Gasteiger partial charge on any atom is -0.477 e. The standard InChI is InChI=1S/C19H20N2O5S/c1-11(22)16-13-9-14(17(19(25)26)21(13)18(16)24)27-8-7-15(23)20-10-12-5-3-2-4-6-12/h2-8,11,13,16,22H,9-10H2,1H3,(H,20,23)(H,25,26)/b8-7-/t11-,13+,16-/m0/s1. The first-order chi connectivity index (χ1) is 12.9. The summed E-state index contributed by atoms with van der Waals surface area (Å²) in [6, 6.07) is 9.15. The Labute approximate surface area is 160 Å². The number of hydrogen-bond donors (Lipinski definition) is 3. The fourth-order valence-corrected chi connectivity index (χ4v) is 4.28. The number of rotatable bonds is 7. The van der Waals surface area contributed by atoms with Crippen LogP contribution >= 0.6 is 11.8 Å². The van der Waals surface area contributed by atoms with Crippen molar-refractivity contribution >= 4 is 29.5 Å². The Bertz CT molecular complexity index is 819. The maximum Gasteiger partial charge on any atom is 0.353 e. The second-order valence-corrected chi connectivity index (χ2v) is 7.45. The van der Waals surface area contributed by atoms with Crippen molar-refractivity contribution in [2.75, 3.05) is 0 Å². The number of nitrogens with one attached hydrogen (secondary N) is 1. The molecule has 0 aliphatic carbocycles. The number of aliphatic hydroxyl groups is 1. The lowest BCUT2D eigenvalue weighted by Gasteiger charge is -2.44. The molecule has 3 N–H and O–H groups in total. The molecule has 2 amide bonds. The molecule has 142 valence electrons. The minimum absolute atomic E-state index is 0.0544. The van der Waals surface area contributed by atoms with Crippen molar-refractivity contribution in [3.05, 3.63) is 58.0 Å². The van der Waals surface area contributed by atoms with Gasteiger partial charge in [0.2, 0.25) is 11.8 Å². The van der Waals surface area contributed by atoms with Gasteiger partial charge in [0.05, 0.1) is 18.1 Å². The lowest BCUT2D eigenvalue weighted by Crippen LogP contribution is -2.61. The average Bonchev–Trinajstić information content (AvgIpc) is 2.95. The van der Waals surface area contributed by atoms with Gasteiger partial charge >= 0.3 is 5.97 Å². The smallest absolute Gasteiger partial charge is 0.353 e. The van der Waals surface area contributed by atoms with Gasteiger partial charge in [0, 0.05) is 23.9 Å². The van der Waals surface area contributed by atoms with E-state index >= 15 is 0 Å². The number of aliphatic carboxylic acids is 1. The molecule has 0 unspecified atom stereocenters. The summed E-state index contributed by atoms with van der Waals surface area (Å²) in [5.74, 6) is -2.41. The molecule has 1 aromatic rings. The zero-order valence-electron chi connectivity index (χ0n) is 14.7. The van der Waals surface area contributed by atoms with E-state index in [4.69, 9.17) is 0 Å². The van der Waals surface area contributed by atoms with Crippen molar-refractivity contribution in [3.63, 3.8) is 0 Å². The highest BCUT2D eigenvalue weighted by molar-refractivity contribution is 8.05. The molecule has 3 rings (SSSR count). The van der Waals surface area contributed by atoms with Crippen LogP contribution < -0.4 is 5.32 Å². The van der Waals surface area contributed by atoms with Crippen LogP contribution in [-0.4, -0.2) is 45.0 Å². The Morgan fingerprint density at radius 3 is 2.70 bits per heavy atom. The van der Waals surface area contributed by atoms with E-state index in [1.807, 2.05) is 30.3 Å². The summed E-state index contributed by atoms with van der Waals surface area (Å²) < 4.78 is 0. The molecule has 2 heterocycles. The summed E-state index contributed by atoms with van der Waals surface area (Å²) in [6.45, 7) is 1.93.